The zero-order valence-electron chi connectivity index (χ0n) is 18.5. The maximum Gasteiger partial charge on any atom is 0.342 e. The first kappa shape index (κ1) is 26.9. The molecule has 0 spiro atoms. The molecule has 0 saturated heterocycles. The van der Waals surface area contributed by atoms with E-state index in [1.165, 1.54) is 32.2 Å². The van der Waals surface area contributed by atoms with Gasteiger partial charge in [0.15, 0.2) is 0 Å². The SMILES string of the molecule is C=C=COCCCc1ccc(C(=O)OC(C)OC(=O)C=C)c(C(=O)OC(C)OC(=O)C=C)c1. The number of esters is 4. The molecule has 33 heavy (non-hydrogen) atoms. The number of rotatable bonds is 13. The Bertz CT molecular complexity index is 941. The minimum atomic E-state index is -1.23. The number of hydrogen-bond acceptors (Lipinski definition) is 9. The molecule has 176 valence electrons. The smallest absolute Gasteiger partial charge is 0.342 e. The second-order valence-corrected chi connectivity index (χ2v) is 6.40. The molecule has 0 heterocycles. The maximum absolute atomic E-state index is 12.7. The molecular formula is C24H26O9. The molecule has 0 aliphatic heterocycles. The third-order valence-corrected chi connectivity index (χ3v) is 3.86. The molecule has 0 fully saturated rings. The van der Waals surface area contributed by atoms with Gasteiger partial charge in [-0.05, 0) is 30.5 Å². The quantitative estimate of drug-likeness (QED) is 0.110. The lowest BCUT2D eigenvalue weighted by Gasteiger charge is -2.17. The van der Waals surface area contributed by atoms with E-state index in [1.807, 2.05) is 0 Å². The molecule has 9 nitrogen and oxygen atoms in total. The number of carbonyl (C=O) groups excluding carboxylic acids is 4. The zero-order chi connectivity index (χ0) is 24.8. The Morgan fingerprint density at radius 3 is 1.97 bits per heavy atom. The van der Waals surface area contributed by atoms with Crippen LogP contribution in [0.5, 0.6) is 0 Å². The Morgan fingerprint density at radius 1 is 0.909 bits per heavy atom. The molecule has 1 rings (SSSR count). The minimum absolute atomic E-state index is 0.117. The predicted octanol–water partition coefficient (Wildman–Crippen LogP) is 3.40. The van der Waals surface area contributed by atoms with Crippen LogP contribution in [0.2, 0.25) is 0 Å². The van der Waals surface area contributed by atoms with Crippen LogP contribution in [-0.2, 0) is 39.7 Å². The molecule has 0 aliphatic carbocycles. The van der Waals surface area contributed by atoms with Gasteiger partial charge in [-0.3, -0.25) is 0 Å². The fraction of sp³-hybridized carbons (Fsp3) is 0.292. The van der Waals surface area contributed by atoms with E-state index >= 15 is 0 Å². The van der Waals surface area contributed by atoms with Crippen molar-refractivity contribution in [1.82, 2.24) is 0 Å². The number of ether oxygens (including phenoxy) is 5. The van der Waals surface area contributed by atoms with E-state index in [0.29, 0.717) is 25.0 Å². The summed E-state index contributed by atoms with van der Waals surface area (Å²) in [6.45, 7) is 13.0. The molecule has 2 atom stereocenters. The lowest BCUT2D eigenvalue weighted by atomic mass is 10.0. The first-order chi connectivity index (χ1) is 15.7. The van der Waals surface area contributed by atoms with Crippen molar-refractivity contribution in [2.75, 3.05) is 6.61 Å². The van der Waals surface area contributed by atoms with E-state index in [-0.39, 0.29) is 11.1 Å². The second kappa shape index (κ2) is 14.1. The molecule has 0 radical (unpaired) electrons. The van der Waals surface area contributed by atoms with Gasteiger partial charge in [-0.1, -0.05) is 31.5 Å². The predicted molar refractivity (Wildman–Crippen MR) is 117 cm³/mol. The Kier molecular flexibility index (Phi) is 11.5. The summed E-state index contributed by atoms with van der Waals surface area (Å²) < 4.78 is 25.0. The third-order valence-electron chi connectivity index (χ3n) is 3.86. The van der Waals surface area contributed by atoms with Crippen LogP contribution >= 0.6 is 0 Å². The summed E-state index contributed by atoms with van der Waals surface area (Å²) in [6.07, 6.45) is 1.85. The van der Waals surface area contributed by atoms with E-state index in [9.17, 15) is 19.2 Å². The fourth-order valence-electron chi connectivity index (χ4n) is 2.47. The van der Waals surface area contributed by atoms with Crippen LogP contribution in [0.3, 0.4) is 0 Å². The molecule has 0 N–H and O–H groups in total. The van der Waals surface area contributed by atoms with Gasteiger partial charge in [-0.2, -0.15) is 0 Å². The molecule has 0 bridgehead atoms. The molecule has 2 unspecified atom stereocenters. The van der Waals surface area contributed by atoms with Gasteiger partial charge in [-0.25, -0.2) is 19.2 Å². The summed E-state index contributed by atoms with van der Waals surface area (Å²) in [4.78, 5) is 48.0. The van der Waals surface area contributed by atoms with Crippen LogP contribution < -0.4 is 0 Å². The highest BCUT2D eigenvalue weighted by Crippen LogP contribution is 2.18. The monoisotopic (exact) mass is 458 g/mol. The third kappa shape index (κ3) is 9.71. The molecule has 0 aromatic heterocycles. The summed E-state index contributed by atoms with van der Waals surface area (Å²) in [5.41, 5.74) is 2.96. The van der Waals surface area contributed by atoms with E-state index in [0.717, 1.165) is 12.2 Å². The van der Waals surface area contributed by atoms with Gasteiger partial charge in [0.05, 0.1) is 17.7 Å². The lowest BCUT2D eigenvalue weighted by Crippen LogP contribution is -2.25. The largest absolute Gasteiger partial charge is 0.493 e. The molecule has 1 aromatic rings. The van der Waals surface area contributed by atoms with Crippen LogP contribution in [0.4, 0.5) is 0 Å². The van der Waals surface area contributed by atoms with Gasteiger partial charge < -0.3 is 23.7 Å². The first-order valence-electron chi connectivity index (χ1n) is 9.88. The van der Waals surface area contributed by atoms with Crippen molar-refractivity contribution in [1.29, 1.82) is 0 Å². The number of carbonyl (C=O) groups is 4. The molecule has 0 saturated carbocycles. The summed E-state index contributed by atoms with van der Waals surface area (Å²) in [6, 6.07) is 4.49. The van der Waals surface area contributed by atoms with Crippen LogP contribution in [0.15, 0.2) is 62.1 Å². The van der Waals surface area contributed by atoms with Gasteiger partial charge in [0.2, 0.25) is 12.6 Å². The average Bonchev–Trinajstić information content (AvgIpc) is 2.78. The lowest BCUT2D eigenvalue weighted by molar-refractivity contribution is -0.161. The van der Waals surface area contributed by atoms with Gasteiger partial charge >= 0.3 is 23.9 Å². The highest BCUT2D eigenvalue weighted by molar-refractivity contribution is 6.03. The first-order valence-corrected chi connectivity index (χ1v) is 9.88. The molecule has 0 aliphatic rings. The van der Waals surface area contributed by atoms with Crippen LogP contribution in [0.1, 0.15) is 46.5 Å². The summed E-state index contributed by atoms with van der Waals surface area (Å²) in [7, 11) is 0. The topological polar surface area (TPSA) is 114 Å². The van der Waals surface area contributed by atoms with E-state index < -0.39 is 36.5 Å². The van der Waals surface area contributed by atoms with Crippen LogP contribution in [0.25, 0.3) is 0 Å². The Morgan fingerprint density at radius 2 is 1.45 bits per heavy atom. The molecule has 1 aromatic carbocycles. The zero-order valence-corrected chi connectivity index (χ0v) is 18.5. The maximum atomic E-state index is 12.7. The highest BCUT2D eigenvalue weighted by atomic mass is 16.7. The van der Waals surface area contributed by atoms with Gasteiger partial charge in [0.25, 0.3) is 0 Å². The second-order valence-electron chi connectivity index (χ2n) is 6.40. The molecule has 9 heteroatoms. The number of benzene rings is 1. The number of aryl methyl sites for hydroxylation is 1. The van der Waals surface area contributed by atoms with E-state index in [2.05, 4.69) is 25.5 Å². The summed E-state index contributed by atoms with van der Waals surface area (Å²) >= 11 is 0. The van der Waals surface area contributed by atoms with Crippen molar-refractivity contribution in [2.24, 2.45) is 0 Å². The fourth-order valence-corrected chi connectivity index (χ4v) is 2.47. The van der Waals surface area contributed by atoms with Crippen molar-refractivity contribution >= 4 is 23.9 Å². The average molecular weight is 458 g/mol. The summed E-state index contributed by atoms with van der Waals surface area (Å²) in [5.74, 6) is -3.41. The summed E-state index contributed by atoms with van der Waals surface area (Å²) in [5, 5.41) is 0. The Labute approximate surface area is 191 Å². The van der Waals surface area contributed by atoms with Gasteiger partial charge in [0.1, 0.15) is 6.26 Å². The van der Waals surface area contributed by atoms with Crippen molar-refractivity contribution < 1.29 is 42.9 Å². The van der Waals surface area contributed by atoms with Crippen molar-refractivity contribution in [3.05, 3.63) is 78.8 Å². The normalized spacial score (nSPS) is 11.6. The molecule has 0 amide bonds. The van der Waals surface area contributed by atoms with E-state index in [1.54, 1.807) is 6.07 Å². The highest BCUT2D eigenvalue weighted by Gasteiger charge is 2.24. The van der Waals surface area contributed by atoms with Crippen LogP contribution in [0, 0.1) is 0 Å². The van der Waals surface area contributed by atoms with Crippen LogP contribution in [-0.4, -0.2) is 43.1 Å². The standard InChI is InChI=1S/C24H26O9/c1-6-13-29-14-9-10-18-11-12-19(23(27)32-16(4)30-21(25)7-2)20(15-18)24(28)33-17(5)31-22(26)8-3/h7-8,11-13,15-17H,1-3,9-10,14H2,4-5H3. The van der Waals surface area contributed by atoms with E-state index in [4.69, 9.17) is 23.7 Å². The minimum Gasteiger partial charge on any atom is -0.493 e. The molecular weight excluding hydrogens is 432 g/mol. The van der Waals surface area contributed by atoms with Crippen molar-refractivity contribution in [3.63, 3.8) is 0 Å². The number of hydrogen-bond donors (Lipinski definition) is 0. The van der Waals surface area contributed by atoms with Crippen molar-refractivity contribution in [3.8, 4) is 0 Å². The Balaban J connectivity index is 3.08. The Hall–Kier alpha value is -4.10. The van der Waals surface area contributed by atoms with Crippen molar-refractivity contribution in [2.45, 2.75) is 39.3 Å². The van der Waals surface area contributed by atoms with Gasteiger partial charge in [0, 0.05) is 26.0 Å². The van der Waals surface area contributed by atoms with Gasteiger partial charge in [-0.15, -0.1) is 0 Å².